The third-order valence-electron chi connectivity index (χ3n) is 1.87. The van der Waals surface area contributed by atoms with Gasteiger partial charge >= 0.3 is 6.09 Å². The minimum Gasteiger partial charge on any atom is -0.444 e. The highest BCUT2D eigenvalue weighted by Gasteiger charge is 2.15. The number of hydrogen-bond acceptors (Lipinski definition) is 2. The van der Waals surface area contributed by atoms with Crippen LogP contribution in [0.2, 0.25) is 0 Å². The molecule has 0 unspecified atom stereocenters. The molecule has 0 fully saturated rings. The average Bonchev–Trinajstić information content (AvgIpc) is 2.20. The molecule has 0 aromatic carbocycles. The Morgan fingerprint density at radius 1 is 1.24 bits per heavy atom. The SMILES string of the molecule is C=C(/C=C\C(=C)CNC(=O)OC(C)(C)C)CC. The summed E-state index contributed by atoms with van der Waals surface area (Å²) in [5.74, 6) is 0. The molecule has 3 heteroatoms. The van der Waals surface area contributed by atoms with Gasteiger partial charge in [-0.2, -0.15) is 0 Å². The molecule has 0 spiro atoms. The average molecular weight is 237 g/mol. The van der Waals surface area contributed by atoms with Gasteiger partial charge in [0.15, 0.2) is 0 Å². The smallest absolute Gasteiger partial charge is 0.407 e. The highest BCUT2D eigenvalue weighted by atomic mass is 16.6. The van der Waals surface area contributed by atoms with Crippen LogP contribution in [0.15, 0.2) is 36.5 Å². The summed E-state index contributed by atoms with van der Waals surface area (Å²) in [5.41, 5.74) is 1.37. The quantitative estimate of drug-likeness (QED) is 0.742. The van der Waals surface area contributed by atoms with E-state index in [0.29, 0.717) is 6.54 Å². The number of carbonyl (C=O) groups excluding carboxylic acids is 1. The molecule has 17 heavy (non-hydrogen) atoms. The van der Waals surface area contributed by atoms with Crippen LogP contribution in [0.5, 0.6) is 0 Å². The van der Waals surface area contributed by atoms with Gasteiger partial charge in [-0.05, 0) is 32.8 Å². The lowest BCUT2D eigenvalue weighted by molar-refractivity contribution is 0.0533. The summed E-state index contributed by atoms with van der Waals surface area (Å²) in [7, 11) is 0. The lowest BCUT2D eigenvalue weighted by Gasteiger charge is -2.19. The summed E-state index contributed by atoms with van der Waals surface area (Å²) < 4.78 is 5.10. The van der Waals surface area contributed by atoms with E-state index < -0.39 is 11.7 Å². The molecule has 0 aliphatic rings. The number of alkyl carbamates (subject to hydrolysis) is 1. The van der Waals surface area contributed by atoms with E-state index in [1.54, 1.807) is 0 Å². The van der Waals surface area contributed by atoms with Crippen molar-refractivity contribution in [3.05, 3.63) is 36.5 Å². The molecule has 0 saturated heterocycles. The Morgan fingerprint density at radius 2 is 1.76 bits per heavy atom. The molecule has 1 N–H and O–H groups in total. The van der Waals surface area contributed by atoms with Crippen molar-refractivity contribution in [1.82, 2.24) is 5.32 Å². The number of rotatable bonds is 5. The fourth-order valence-electron chi connectivity index (χ4n) is 0.912. The van der Waals surface area contributed by atoms with Crippen molar-refractivity contribution in [2.75, 3.05) is 6.54 Å². The van der Waals surface area contributed by atoms with Crippen molar-refractivity contribution in [2.45, 2.75) is 39.7 Å². The lowest BCUT2D eigenvalue weighted by atomic mass is 10.2. The molecular formula is C14H23NO2. The zero-order valence-electron chi connectivity index (χ0n) is 11.3. The lowest BCUT2D eigenvalue weighted by Crippen LogP contribution is -2.33. The monoisotopic (exact) mass is 237 g/mol. The van der Waals surface area contributed by atoms with Crippen LogP contribution in [0, 0.1) is 0 Å². The van der Waals surface area contributed by atoms with Crippen LogP contribution in [-0.4, -0.2) is 18.2 Å². The van der Waals surface area contributed by atoms with Crippen molar-refractivity contribution in [2.24, 2.45) is 0 Å². The number of ether oxygens (including phenoxy) is 1. The number of nitrogens with one attached hydrogen (secondary N) is 1. The van der Waals surface area contributed by atoms with Gasteiger partial charge in [0.05, 0.1) is 0 Å². The minimum absolute atomic E-state index is 0.377. The zero-order valence-corrected chi connectivity index (χ0v) is 11.3. The molecule has 0 aliphatic carbocycles. The molecule has 0 aliphatic heterocycles. The first-order chi connectivity index (χ1) is 7.74. The van der Waals surface area contributed by atoms with E-state index in [0.717, 1.165) is 17.6 Å². The van der Waals surface area contributed by atoms with Crippen molar-refractivity contribution in [1.29, 1.82) is 0 Å². The molecule has 0 saturated carbocycles. The van der Waals surface area contributed by atoms with Crippen LogP contribution in [0.25, 0.3) is 0 Å². The summed E-state index contributed by atoms with van der Waals surface area (Å²) in [6, 6.07) is 0. The second-order valence-electron chi connectivity index (χ2n) is 4.86. The summed E-state index contributed by atoms with van der Waals surface area (Å²) in [6.07, 6.45) is 4.23. The largest absolute Gasteiger partial charge is 0.444 e. The molecule has 0 rings (SSSR count). The highest BCUT2D eigenvalue weighted by Crippen LogP contribution is 2.06. The first-order valence-corrected chi connectivity index (χ1v) is 5.75. The summed E-state index contributed by atoms with van der Waals surface area (Å²) >= 11 is 0. The van der Waals surface area contributed by atoms with E-state index in [9.17, 15) is 4.79 Å². The van der Waals surface area contributed by atoms with Gasteiger partial charge in [-0.1, -0.05) is 37.8 Å². The van der Waals surface area contributed by atoms with E-state index in [2.05, 4.69) is 18.5 Å². The van der Waals surface area contributed by atoms with Crippen LogP contribution in [0.3, 0.4) is 0 Å². The number of hydrogen-bond donors (Lipinski definition) is 1. The fourth-order valence-corrected chi connectivity index (χ4v) is 0.912. The summed E-state index contributed by atoms with van der Waals surface area (Å²) in [6.45, 7) is 15.6. The maximum absolute atomic E-state index is 11.3. The van der Waals surface area contributed by atoms with E-state index >= 15 is 0 Å². The number of allylic oxidation sites excluding steroid dienone is 2. The molecule has 0 atom stereocenters. The van der Waals surface area contributed by atoms with Gasteiger partial charge in [0.1, 0.15) is 5.60 Å². The van der Waals surface area contributed by atoms with E-state index in [1.807, 2.05) is 39.8 Å². The standard InChI is InChI=1S/C14H23NO2/c1-7-11(2)8-9-12(3)10-15-13(16)17-14(4,5)6/h8-9H,2-3,7,10H2,1,4-6H3,(H,15,16)/b9-8-. The van der Waals surface area contributed by atoms with E-state index in [1.165, 1.54) is 0 Å². The molecule has 0 heterocycles. The second kappa shape index (κ2) is 6.94. The summed E-state index contributed by atoms with van der Waals surface area (Å²) in [5, 5.41) is 2.64. The Kier molecular flexibility index (Phi) is 6.33. The van der Waals surface area contributed by atoms with Crippen molar-refractivity contribution >= 4 is 6.09 Å². The Hall–Kier alpha value is -1.51. The van der Waals surface area contributed by atoms with Gasteiger partial charge in [-0.25, -0.2) is 4.79 Å². The zero-order chi connectivity index (χ0) is 13.5. The number of amides is 1. The number of carbonyl (C=O) groups is 1. The molecule has 96 valence electrons. The predicted octanol–water partition coefficient (Wildman–Crippen LogP) is 3.59. The Labute approximate surface area is 104 Å². The first-order valence-electron chi connectivity index (χ1n) is 5.75. The van der Waals surface area contributed by atoms with E-state index in [-0.39, 0.29) is 0 Å². The minimum atomic E-state index is -0.474. The molecule has 0 bridgehead atoms. The first kappa shape index (κ1) is 15.5. The second-order valence-corrected chi connectivity index (χ2v) is 4.86. The highest BCUT2D eigenvalue weighted by molar-refractivity contribution is 5.68. The van der Waals surface area contributed by atoms with Gasteiger partial charge in [-0.3, -0.25) is 0 Å². The third-order valence-corrected chi connectivity index (χ3v) is 1.87. The van der Waals surface area contributed by atoms with Crippen molar-refractivity contribution < 1.29 is 9.53 Å². The maximum atomic E-state index is 11.3. The molecule has 0 aromatic rings. The van der Waals surface area contributed by atoms with Crippen molar-refractivity contribution in [3.63, 3.8) is 0 Å². The van der Waals surface area contributed by atoms with Gasteiger partial charge in [0.25, 0.3) is 0 Å². The Bertz CT molecular complexity index is 322. The summed E-state index contributed by atoms with van der Waals surface area (Å²) in [4.78, 5) is 11.3. The van der Waals surface area contributed by atoms with Crippen LogP contribution >= 0.6 is 0 Å². The molecule has 0 radical (unpaired) electrons. The molecule has 1 amide bonds. The van der Waals surface area contributed by atoms with Crippen LogP contribution in [0.4, 0.5) is 4.79 Å². The topological polar surface area (TPSA) is 38.3 Å². The van der Waals surface area contributed by atoms with Gasteiger partial charge in [0, 0.05) is 6.54 Å². The normalized spacial score (nSPS) is 11.3. The van der Waals surface area contributed by atoms with E-state index in [4.69, 9.17) is 4.74 Å². The molecule has 0 aromatic heterocycles. The van der Waals surface area contributed by atoms with Crippen LogP contribution in [0.1, 0.15) is 34.1 Å². The Morgan fingerprint density at radius 3 is 2.24 bits per heavy atom. The fraction of sp³-hybridized carbons (Fsp3) is 0.500. The molecular weight excluding hydrogens is 214 g/mol. The molecule has 3 nitrogen and oxygen atoms in total. The van der Waals surface area contributed by atoms with Gasteiger partial charge in [-0.15, -0.1) is 0 Å². The predicted molar refractivity (Wildman–Crippen MR) is 71.9 cm³/mol. The Balaban J connectivity index is 3.97. The van der Waals surface area contributed by atoms with Crippen molar-refractivity contribution in [3.8, 4) is 0 Å². The third kappa shape index (κ3) is 9.42. The maximum Gasteiger partial charge on any atom is 0.407 e. The van der Waals surface area contributed by atoms with Gasteiger partial charge in [0.2, 0.25) is 0 Å². The van der Waals surface area contributed by atoms with Crippen LogP contribution < -0.4 is 5.32 Å². The van der Waals surface area contributed by atoms with Gasteiger partial charge < -0.3 is 10.1 Å². The van der Waals surface area contributed by atoms with Crippen LogP contribution in [-0.2, 0) is 4.74 Å².